The van der Waals surface area contributed by atoms with Crippen molar-refractivity contribution in [3.05, 3.63) is 24.2 Å². The summed E-state index contributed by atoms with van der Waals surface area (Å²) in [6.45, 7) is 2.23. The number of rotatable bonds is 4. The smallest absolute Gasteiger partial charge is 0.225 e. The van der Waals surface area contributed by atoms with Crippen molar-refractivity contribution in [2.75, 3.05) is 19.7 Å². The molecule has 0 unspecified atom stereocenters. The van der Waals surface area contributed by atoms with E-state index >= 15 is 0 Å². The Morgan fingerprint density at radius 2 is 2.13 bits per heavy atom. The van der Waals surface area contributed by atoms with Crippen LogP contribution < -0.4 is 5.32 Å². The van der Waals surface area contributed by atoms with Gasteiger partial charge in [-0.05, 0) is 31.4 Å². The lowest BCUT2D eigenvalue weighted by Crippen LogP contribution is -2.54. The number of nitrogens with zero attached hydrogens (tertiary/aromatic N) is 1. The summed E-state index contributed by atoms with van der Waals surface area (Å²) in [4.78, 5) is 26.9. The van der Waals surface area contributed by atoms with Crippen LogP contribution in [0.2, 0.25) is 0 Å². The minimum atomic E-state index is -0.186. The normalized spacial score (nSPS) is 30.1. The highest BCUT2D eigenvalue weighted by atomic mass is 16.5. The summed E-state index contributed by atoms with van der Waals surface area (Å²) in [5.74, 6) is 1.14. The zero-order chi connectivity index (χ0) is 15.8. The van der Waals surface area contributed by atoms with E-state index in [9.17, 15) is 9.59 Å². The third-order valence-electron chi connectivity index (χ3n) is 5.19. The molecule has 4 rings (SSSR count). The van der Waals surface area contributed by atoms with E-state index in [1.54, 1.807) is 12.3 Å². The number of carbonyl (C=O) groups excluding carboxylic acids is 2. The fourth-order valence-electron chi connectivity index (χ4n) is 3.74. The monoisotopic (exact) mass is 318 g/mol. The molecule has 2 saturated heterocycles. The SMILES string of the molecule is O=C(NCc1ccco1)[C@@H]1CN(C(=O)C2CC2)C[C@H]2OCC[C@H]21. The molecule has 1 saturated carbocycles. The van der Waals surface area contributed by atoms with Gasteiger partial charge in [-0.2, -0.15) is 0 Å². The molecule has 0 radical (unpaired) electrons. The molecular formula is C17H22N2O4. The van der Waals surface area contributed by atoms with E-state index in [-0.39, 0.29) is 35.7 Å². The van der Waals surface area contributed by atoms with Gasteiger partial charge in [0.1, 0.15) is 5.76 Å². The van der Waals surface area contributed by atoms with Crippen molar-refractivity contribution in [3.8, 4) is 0 Å². The zero-order valence-corrected chi connectivity index (χ0v) is 13.1. The molecule has 1 aliphatic carbocycles. The Labute approximate surface area is 135 Å². The topological polar surface area (TPSA) is 71.8 Å². The number of nitrogens with one attached hydrogen (secondary N) is 1. The van der Waals surface area contributed by atoms with Crippen LogP contribution in [-0.4, -0.2) is 42.5 Å². The Balaban J connectivity index is 1.43. The van der Waals surface area contributed by atoms with Crippen LogP contribution in [-0.2, 0) is 20.9 Å². The lowest BCUT2D eigenvalue weighted by Gasteiger charge is -2.39. The Kier molecular flexibility index (Phi) is 3.85. The molecule has 23 heavy (non-hydrogen) atoms. The molecule has 3 atom stereocenters. The van der Waals surface area contributed by atoms with E-state index in [2.05, 4.69) is 5.32 Å². The second-order valence-corrected chi connectivity index (χ2v) is 6.78. The van der Waals surface area contributed by atoms with Crippen LogP contribution in [0.3, 0.4) is 0 Å². The largest absolute Gasteiger partial charge is 0.467 e. The fraction of sp³-hybridized carbons (Fsp3) is 0.647. The van der Waals surface area contributed by atoms with Crippen LogP contribution in [0.1, 0.15) is 25.0 Å². The Bertz CT molecular complexity index is 581. The van der Waals surface area contributed by atoms with Crippen LogP contribution in [0.5, 0.6) is 0 Å². The first-order chi connectivity index (χ1) is 11.2. The standard InChI is InChI=1S/C17H22N2O4/c20-16(18-8-12-2-1-6-22-12)14-9-19(17(21)11-3-4-11)10-15-13(14)5-7-23-15/h1-2,6,11,13-15H,3-5,7-10H2,(H,18,20)/t13-,14+,15+/m0/s1. The molecule has 6 nitrogen and oxygen atoms in total. The highest BCUT2D eigenvalue weighted by molar-refractivity contribution is 5.84. The maximum absolute atomic E-state index is 12.6. The Morgan fingerprint density at radius 1 is 1.26 bits per heavy atom. The van der Waals surface area contributed by atoms with Crippen LogP contribution in [0.4, 0.5) is 0 Å². The number of likely N-dealkylation sites (tertiary alicyclic amines) is 1. The minimum absolute atomic E-state index is 0.00445. The molecule has 0 bridgehead atoms. The fourth-order valence-corrected chi connectivity index (χ4v) is 3.74. The van der Waals surface area contributed by atoms with E-state index in [1.165, 1.54) is 0 Å². The number of furan rings is 1. The molecule has 1 N–H and O–H groups in total. The molecular weight excluding hydrogens is 296 g/mol. The van der Waals surface area contributed by atoms with Gasteiger partial charge in [0.05, 0.1) is 24.8 Å². The maximum atomic E-state index is 12.6. The molecule has 1 aromatic heterocycles. The van der Waals surface area contributed by atoms with Gasteiger partial charge in [0.2, 0.25) is 11.8 Å². The minimum Gasteiger partial charge on any atom is -0.467 e. The number of amides is 2. The van der Waals surface area contributed by atoms with Gasteiger partial charge in [0.25, 0.3) is 0 Å². The molecule has 3 aliphatic rings. The van der Waals surface area contributed by atoms with Crippen LogP contribution in [0.25, 0.3) is 0 Å². The number of hydrogen-bond donors (Lipinski definition) is 1. The average Bonchev–Trinajstić information content (AvgIpc) is 3.08. The summed E-state index contributed by atoms with van der Waals surface area (Å²) in [6.07, 6.45) is 4.47. The van der Waals surface area contributed by atoms with Gasteiger partial charge in [-0.3, -0.25) is 9.59 Å². The van der Waals surface area contributed by atoms with Crippen LogP contribution in [0, 0.1) is 17.8 Å². The van der Waals surface area contributed by atoms with Crippen molar-refractivity contribution in [2.24, 2.45) is 17.8 Å². The van der Waals surface area contributed by atoms with Gasteiger partial charge in [-0.25, -0.2) is 0 Å². The molecule has 2 amide bonds. The van der Waals surface area contributed by atoms with E-state index in [1.807, 2.05) is 11.0 Å². The van der Waals surface area contributed by atoms with Crippen molar-refractivity contribution in [1.82, 2.24) is 10.2 Å². The highest BCUT2D eigenvalue weighted by Gasteiger charge is 2.46. The first kappa shape index (κ1) is 14.8. The predicted octanol–water partition coefficient (Wildman–Crippen LogP) is 1.17. The quantitative estimate of drug-likeness (QED) is 0.904. The summed E-state index contributed by atoms with van der Waals surface area (Å²) >= 11 is 0. The first-order valence-electron chi connectivity index (χ1n) is 8.43. The summed E-state index contributed by atoms with van der Waals surface area (Å²) in [6, 6.07) is 3.64. The molecule has 0 aromatic carbocycles. The van der Waals surface area contributed by atoms with E-state index in [0.29, 0.717) is 26.2 Å². The van der Waals surface area contributed by atoms with Crippen molar-refractivity contribution in [2.45, 2.75) is 31.9 Å². The zero-order valence-electron chi connectivity index (χ0n) is 13.1. The summed E-state index contributed by atoms with van der Waals surface area (Å²) in [5.41, 5.74) is 0. The third-order valence-corrected chi connectivity index (χ3v) is 5.19. The second kappa shape index (κ2) is 6.00. The Hall–Kier alpha value is -1.82. The summed E-state index contributed by atoms with van der Waals surface area (Å²) in [7, 11) is 0. The molecule has 124 valence electrons. The Morgan fingerprint density at radius 3 is 2.87 bits per heavy atom. The molecule has 2 aliphatic heterocycles. The molecule has 3 heterocycles. The average molecular weight is 318 g/mol. The van der Waals surface area contributed by atoms with E-state index in [4.69, 9.17) is 9.15 Å². The van der Waals surface area contributed by atoms with Gasteiger partial charge in [-0.1, -0.05) is 0 Å². The van der Waals surface area contributed by atoms with Crippen molar-refractivity contribution >= 4 is 11.8 Å². The number of ether oxygens (including phenoxy) is 1. The summed E-state index contributed by atoms with van der Waals surface area (Å²) < 4.78 is 11.0. The number of hydrogen-bond acceptors (Lipinski definition) is 4. The van der Waals surface area contributed by atoms with Gasteiger partial charge in [-0.15, -0.1) is 0 Å². The number of fused-ring (bicyclic) bond motifs is 1. The van der Waals surface area contributed by atoms with Crippen molar-refractivity contribution in [3.63, 3.8) is 0 Å². The van der Waals surface area contributed by atoms with Gasteiger partial charge >= 0.3 is 0 Å². The first-order valence-corrected chi connectivity index (χ1v) is 8.43. The lowest BCUT2D eigenvalue weighted by molar-refractivity contribution is -0.142. The molecule has 3 fully saturated rings. The van der Waals surface area contributed by atoms with Gasteiger partial charge < -0.3 is 19.4 Å². The van der Waals surface area contributed by atoms with Crippen molar-refractivity contribution < 1.29 is 18.7 Å². The lowest BCUT2D eigenvalue weighted by atomic mass is 9.82. The highest BCUT2D eigenvalue weighted by Crippen LogP contribution is 2.37. The number of carbonyl (C=O) groups is 2. The second-order valence-electron chi connectivity index (χ2n) is 6.78. The summed E-state index contributed by atoms with van der Waals surface area (Å²) in [5, 5.41) is 2.95. The van der Waals surface area contributed by atoms with Crippen LogP contribution >= 0.6 is 0 Å². The van der Waals surface area contributed by atoms with E-state index < -0.39 is 0 Å². The molecule has 1 aromatic rings. The third kappa shape index (κ3) is 3.00. The van der Waals surface area contributed by atoms with E-state index in [0.717, 1.165) is 25.0 Å². The number of piperidine rings is 1. The maximum Gasteiger partial charge on any atom is 0.225 e. The van der Waals surface area contributed by atoms with Gasteiger partial charge in [0, 0.05) is 31.5 Å². The molecule has 6 heteroatoms. The predicted molar refractivity (Wildman–Crippen MR) is 81.2 cm³/mol. The van der Waals surface area contributed by atoms with Crippen molar-refractivity contribution in [1.29, 1.82) is 0 Å². The van der Waals surface area contributed by atoms with Crippen LogP contribution in [0.15, 0.2) is 22.8 Å². The van der Waals surface area contributed by atoms with Gasteiger partial charge in [0.15, 0.2) is 0 Å². The molecule has 0 spiro atoms.